The minimum absolute atomic E-state index is 0.946. The smallest absolute Gasteiger partial charge is 0.00860 e. The van der Waals surface area contributed by atoms with Gasteiger partial charge in [0, 0.05) is 19.3 Å². The van der Waals surface area contributed by atoms with E-state index in [1.807, 2.05) is 0 Å². The van der Waals surface area contributed by atoms with E-state index in [9.17, 15) is 0 Å². The molecule has 0 heterocycles. The highest BCUT2D eigenvalue weighted by Gasteiger charge is 2.05. The third-order valence-electron chi connectivity index (χ3n) is 6.14. The summed E-state index contributed by atoms with van der Waals surface area (Å²) < 4.78 is 0. The van der Waals surface area contributed by atoms with Crippen molar-refractivity contribution >= 4 is 0 Å². The molecule has 1 heteroatoms. The fraction of sp³-hybridized carbons (Fsp3) is 0.800. The molecule has 0 aromatic carbocycles. The predicted molar refractivity (Wildman–Crippen MR) is 140 cm³/mol. The molecule has 176 valence electrons. The maximum absolute atomic E-state index is 5.33. The molecule has 0 N–H and O–H groups in total. The Labute approximate surface area is 196 Å². The normalized spacial score (nSPS) is 10.6. The zero-order valence-electron chi connectivity index (χ0n) is 20.6. The van der Waals surface area contributed by atoms with Gasteiger partial charge in [0.05, 0.1) is 0 Å². The molecule has 0 aliphatic heterocycles. The molecule has 0 aliphatic carbocycles. The van der Waals surface area contributed by atoms with Gasteiger partial charge in [-0.15, -0.1) is 37.0 Å². The Kier molecular flexibility index (Phi) is 25.5. The zero-order chi connectivity index (χ0) is 22.7. The first-order chi connectivity index (χ1) is 15.3. The van der Waals surface area contributed by atoms with Crippen molar-refractivity contribution in [2.75, 3.05) is 19.6 Å². The number of hydrogen-bond donors (Lipinski definition) is 0. The molecule has 0 saturated heterocycles. The van der Waals surface area contributed by atoms with E-state index in [4.69, 9.17) is 19.3 Å². The first kappa shape index (κ1) is 29.6. The van der Waals surface area contributed by atoms with Gasteiger partial charge >= 0.3 is 0 Å². The van der Waals surface area contributed by atoms with Crippen LogP contribution in [0.5, 0.6) is 0 Å². The Morgan fingerprint density at radius 1 is 0.323 bits per heavy atom. The molecular formula is C30H51N. The van der Waals surface area contributed by atoms with Crippen LogP contribution in [0.15, 0.2) is 0 Å². The Morgan fingerprint density at radius 2 is 0.548 bits per heavy atom. The van der Waals surface area contributed by atoms with E-state index < -0.39 is 0 Å². The van der Waals surface area contributed by atoms with E-state index in [-0.39, 0.29) is 0 Å². The zero-order valence-corrected chi connectivity index (χ0v) is 20.6. The summed E-state index contributed by atoms with van der Waals surface area (Å²) in [4.78, 5) is 2.75. The van der Waals surface area contributed by atoms with Gasteiger partial charge in [0.15, 0.2) is 0 Å². The van der Waals surface area contributed by atoms with Crippen LogP contribution in [0.2, 0.25) is 0 Å². The minimum atomic E-state index is 0.946. The Bertz CT molecular complexity index is 401. The lowest BCUT2D eigenvalue weighted by Crippen LogP contribution is -2.27. The van der Waals surface area contributed by atoms with Crippen molar-refractivity contribution < 1.29 is 0 Å². The van der Waals surface area contributed by atoms with E-state index in [0.29, 0.717) is 0 Å². The molecule has 0 fully saturated rings. The first-order valence-electron chi connectivity index (χ1n) is 13.4. The van der Waals surface area contributed by atoms with Crippen molar-refractivity contribution in [3.05, 3.63) is 0 Å². The maximum Gasteiger partial charge on any atom is 0.00860 e. The van der Waals surface area contributed by atoms with E-state index >= 15 is 0 Å². The second kappa shape index (κ2) is 26.7. The molecule has 0 aliphatic rings. The molecule has 1 nitrogen and oxygen atoms in total. The maximum atomic E-state index is 5.33. The highest BCUT2D eigenvalue weighted by Crippen LogP contribution is 2.12. The quantitative estimate of drug-likeness (QED) is 0.111. The molecule has 0 spiro atoms. The molecule has 31 heavy (non-hydrogen) atoms. The largest absolute Gasteiger partial charge is 0.303 e. The van der Waals surface area contributed by atoms with Crippen molar-refractivity contribution in [1.82, 2.24) is 4.90 Å². The van der Waals surface area contributed by atoms with Crippen molar-refractivity contribution in [2.24, 2.45) is 0 Å². The van der Waals surface area contributed by atoms with Crippen LogP contribution in [0.25, 0.3) is 0 Å². The Balaban J connectivity index is 3.87. The van der Waals surface area contributed by atoms with Gasteiger partial charge in [-0.3, -0.25) is 0 Å². The number of rotatable bonds is 24. The Morgan fingerprint density at radius 3 is 0.806 bits per heavy atom. The fourth-order valence-corrected chi connectivity index (χ4v) is 4.14. The highest BCUT2D eigenvalue weighted by atomic mass is 15.1. The van der Waals surface area contributed by atoms with Crippen LogP contribution >= 0.6 is 0 Å². The van der Waals surface area contributed by atoms with E-state index in [2.05, 4.69) is 22.7 Å². The van der Waals surface area contributed by atoms with Crippen molar-refractivity contribution in [2.45, 2.75) is 135 Å². The molecule has 0 unspecified atom stereocenters. The lowest BCUT2D eigenvalue weighted by molar-refractivity contribution is 0.254. The van der Waals surface area contributed by atoms with Gasteiger partial charge < -0.3 is 4.90 Å². The third kappa shape index (κ3) is 24.8. The van der Waals surface area contributed by atoms with Crippen LogP contribution in [0.3, 0.4) is 0 Å². The first-order valence-corrected chi connectivity index (χ1v) is 13.4. The minimum Gasteiger partial charge on any atom is -0.303 e. The monoisotopic (exact) mass is 425 g/mol. The molecule has 0 atom stereocenters. The fourth-order valence-electron chi connectivity index (χ4n) is 4.14. The van der Waals surface area contributed by atoms with E-state index in [0.717, 1.165) is 19.3 Å². The van der Waals surface area contributed by atoms with Crippen molar-refractivity contribution in [3.8, 4) is 37.0 Å². The molecular weight excluding hydrogens is 374 g/mol. The summed E-state index contributed by atoms with van der Waals surface area (Å²) in [6, 6.07) is 0. The summed E-state index contributed by atoms with van der Waals surface area (Å²) in [5, 5.41) is 0. The van der Waals surface area contributed by atoms with Gasteiger partial charge in [-0.05, 0) is 58.2 Å². The summed E-state index contributed by atoms with van der Waals surface area (Å²) in [6.45, 7) is 3.86. The van der Waals surface area contributed by atoms with Crippen molar-refractivity contribution in [3.63, 3.8) is 0 Å². The van der Waals surface area contributed by atoms with Gasteiger partial charge in [-0.25, -0.2) is 0 Å². The van der Waals surface area contributed by atoms with Gasteiger partial charge in [-0.2, -0.15) is 0 Å². The average Bonchev–Trinajstić information content (AvgIpc) is 2.78. The van der Waals surface area contributed by atoms with Gasteiger partial charge in [0.1, 0.15) is 0 Å². The molecule has 0 aromatic heterocycles. The average molecular weight is 426 g/mol. The number of nitrogens with zero attached hydrogens (tertiary/aromatic N) is 1. The Hall–Kier alpha value is -1.36. The predicted octanol–water partition coefficient (Wildman–Crippen LogP) is 8.38. The molecule has 0 saturated carbocycles. The topological polar surface area (TPSA) is 3.24 Å². The molecule has 0 bridgehead atoms. The lowest BCUT2D eigenvalue weighted by atomic mass is 10.1. The summed E-state index contributed by atoms with van der Waals surface area (Å²) in [5.74, 6) is 8.23. The molecule has 0 aromatic rings. The van der Waals surface area contributed by atoms with Gasteiger partial charge in [0.25, 0.3) is 0 Å². The summed E-state index contributed by atoms with van der Waals surface area (Å²) >= 11 is 0. The molecule has 0 radical (unpaired) electrons. The van der Waals surface area contributed by atoms with E-state index in [1.165, 1.54) is 135 Å². The summed E-state index contributed by atoms with van der Waals surface area (Å²) in [5.41, 5.74) is 0. The molecule has 0 rings (SSSR count). The second-order valence-electron chi connectivity index (χ2n) is 9.07. The van der Waals surface area contributed by atoms with Crippen LogP contribution < -0.4 is 0 Å². The number of unbranched alkanes of at least 4 members (excludes halogenated alkanes) is 18. The highest BCUT2D eigenvalue weighted by molar-refractivity contribution is 4.83. The van der Waals surface area contributed by atoms with Gasteiger partial charge in [-0.1, -0.05) is 77.0 Å². The van der Waals surface area contributed by atoms with Crippen LogP contribution in [-0.4, -0.2) is 24.5 Å². The third-order valence-corrected chi connectivity index (χ3v) is 6.14. The van der Waals surface area contributed by atoms with Gasteiger partial charge in [0.2, 0.25) is 0 Å². The second-order valence-corrected chi connectivity index (χ2v) is 9.07. The molecule has 0 amide bonds. The van der Waals surface area contributed by atoms with Crippen LogP contribution in [0.1, 0.15) is 135 Å². The number of hydrogen-bond acceptors (Lipinski definition) is 1. The summed E-state index contributed by atoms with van der Waals surface area (Å²) in [7, 11) is 0. The summed E-state index contributed by atoms with van der Waals surface area (Å²) in [6.07, 6.45) is 42.7. The van der Waals surface area contributed by atoms with Crippen LogP contribution in [-0.2, 0) is 0 Å². The lowest BCUT2D eigenvalue weighted by Gasteiger charge is -2.22. The SMILES string of the molecule is C#CCCCCCCCCN(CCCCCCCCC#C)CCCCCCCCC#C. The standard InChI is InChI=1S/C30H51N/c1-4-7-10-13-16-19-22-25-28-31(29-26-23-20-17-14-11-8-5-2)30-27-24-21-18-15-12-9-6-3/h1-3H,7-30H2. The van der Waals surface area contributed by atoms with Crippen LogP contribution in [0, 0.1) is 37.0 Å². The van der Waals surface area contributed by atoms with Crippen molar-refractivity contribution in [1.29, 1.82) is 0 Å². The number of terminal acetylenes is 3. The van der Waals surface area contributed by atoms with Crippen LogP contribution in [0.4, 0.5) is 0 Å². The van der Waals surface area contributed by atoms with E-state index in [1.54, 1.807) is 0 Å².